The van der Waals surface area contributed by atoms with Crippen LogP contribution < -0.4 is 0 Å². The lowest BCUT2D eigenvalue weighted by atomic mass is 9.93. The predicted octanol–water partition coefficient (Wildman–Crippen LogP) is 0.915. The van der Waals surface area contributed by atoms with Gasteiger partial charge in [-0.15, -0.1) is 0 Å². The maximum atomic E-state index is 12.6. The average molecular weight is 290 g/mol. The van der Waals surface area contributed by atoms with E-state index in [1.54, 1.807) is 18.1 Å². The van der Waals surface area contributed by atoms with Crippen molar-refractivity contribution in [3.63, 3.8) is 0 Å². The molecular weight excluding hydrogens is 268 g/mol. The first-order valence-electron chi connectivity index (χ1n) is 7.67. The number of carbonyl (C=O) groups is 2. The fraction of sp³-hybridized carbons (Fsp3) is 0.667. The molecule has 114 valence electrons. The van der Waals surface area contributed by atoms with E-state index in [-0.39, 0.29) is 23.8 Å². The molecule has 6 nitrogen and oxygen atoms in total. The molecule has 1 aromatic rings. The molecular formula is C15H22N4O2. The Labute approximate surface area is 124 Å². The zero-order chi connectivity index (χ0) is 14.8. The van der Waals surface area contributed by atoms with Crippen LogP contribution in [0.1, 0.15) is 31.7 Å². The molecule has 3 rings (SSSR count). The van der Waals surface area contributed by atoms with E-state index in [2.05, 4.69) is 5.10 Å². The minimum absolute atomic E-state index is 0.0836. The fourth-order valence-electron chi connectivity index (χ4n) is 3.28. The summed E-state index contributed by atoms with van der Waals surface area (Å²) in [6, 6.07) is 2.18. The highest BCUT2D eigenvalue weighted by Gasteiger charge is 2.33. The number of hydrogen-bond donors (Lipinski definition) is 0. The average Bonchev–Trinajstić information content (AvgIpc) is 3.04. The second-order valence-corrected chi connectivity index (χ2v) is 6.07. The van der Waals surface area contributed by atoms with Crippen LogP contribution in [0.15, 0.2) is 18.5 Å². The minimum atomic E-state index is -0.134. The SMILES string of the molecule is CN1CCC(C(=O)N2CCCC(n3cccn3)C2)CC1=O. The first-order chi connectivity index (χ1) is 10.1. The highest BCUT2D eigenvalue weighted by molar-refractivity contribution is 5.87. The monoisotopic (exact) mass is 290 g/mol. The molecule has 2 aliphatic rings. The quantitative estimate of drug-likeness (QED) is 0.813. The summed E-state index contributed by atoms with van der Waals surface area (Å²) >= 11 is 0. The maximum Gasteiger partial charge on any atom is 0.226 e. The molecule has 0 bridgehead atoms. The van der Waals surface area contributed by atoms with Gasteiger partial charge in [-0.05, 0) is 25.3 Å². The lowest BCUT2D eigenvalue weighted by molar-refractivity contribution is -0.145. The van der Waals surface area contributed by atoms with Gasteiger partial charge in [0.2, 0.25) is 11.8 Å². The predicted molar refractivity (Wildman–Crippen MR) is 77.4 cm³/mol. The summed E-state index contributed by atoms with van der Waals surface area (Å²) in [5.41, 5.74) is 0. The van der Waals surface area contributed by atoms with Crippen molar-refractivity contribution in [1.29, 1.82) is 0 Å². The van der Waals surface area contributed by atoms with E-state index in [1.807, 2.05) is 21.8 Å². The number of piperidine rings is 2. The van der Waals surface area contributed by atoms with E-state index >= 15 is 0 Å². The largest absolute Gasteiger partial charge is 0.346 e. The summed E-state index contributed by atoms with van der Waals surface area (Å²) < 4.78 is 1.94. The number of amides is 2. The van der Waals surface area contributed by atoms with Crippen LogP contribution in [0, 0.1) is 5.92 Å². The van der Waals surface area contributed by atoms with Gasteiger partial charge in [-0.2, -0.15) is 5.10 Å². The molecule has 3 heterocycles. The molecule has 1 aromatic heterocycles. The molecule has 21 heavy (non-hydrogen) atoms. The van der Waals surface area contributed by atoms with Crippen molar-refractivity contribution in [3.8, 4) is 0 Å². The van der Waals surface area contributed by atoms with Gasteiger partial charge in [0.15, 0.2) is 0 Å². The minimum Gasteiger partial charge on any atom is -0.346 e. The summed E-state index contributed by atoms with van der Waals surface area (Å²) in [4.78, 5) is 28.1. The number of rotatable bonds is 2. The molecule has 2 fully saturated rings. The molecule has 0 radical (unpaired) electrons. The molecule has 0 spiro atoms. The van der Waals surface area contributed by atoms with Crippen molar-refractivity contribution in [2.24, 2.45) is 5.92 Å². The first-order valence-corrected chi connectivity index (χ1v) is 7.67. The zero-order valence-electron chi connectivity index (χ0n) is 12.4. The highest BCUT2D eigenvalue weighted by Crippen LogP contribution is 2.25. The maximum absolute atomic E-state index is 12.6. The standard InChI is InChI=1S/C15H22N4O2/c1-17-9-5-12(10-14(17)20)15(21)18-7-2-4-13(11-18)19-8-3-6-16-19/h3,6,8,12-13H,2,4-5,7,9-11H2,1H3. The summed E-state index contributed by atoms with van der Waals surface area (Å²) in [6.07, 6.45) is 6.92. The van der Waals surface area contributed by atoms with E-state index in [1.165, 1.54) is 0 Å². The van der Waals surface area contributed by atoms with Crippen LogP contribution in [-0.4, -0.2) is 58.1 Å². The molecule has 0 aliphatic carbocycles. The molecule has 0 saturated carbocycles. The Morgan fingerprint density at radius 1 is 1.33 bits per heavy atom. The first kappa shape index (κ1) is 14.1. The number of nitrogens with zero attached hydrogens (tertiary/aromatic N) is 4. The number of carbonyl (C=O) groups excluding carboxylic acids is 2. The van der Waals surface area contributed by atoms with Crippen LogP contribution in [0.2, 0.25) is 0 Å². The van der Waals surface area contributed by atoms with Crippen molar-refractivity contribution in [2.45, 2.75) is 31.7 Å². The van der Waals surface area contributed by atoms with Crippen LogP contribution in [0.5, 0.6) is 0 Å². The lowest BCUT2D eigenvalue weighted by Gasteiger charge is -2.37. The van der Waals surface area contributed by atoms with E-state index in [4.69, 9.17) is 0 Å². The van der Waals surface area contributed by atoms with Gasteiger partial charge in [-0.25, -0.2) is 0 Å². The van der Waals surface area contributed by atoms with Crippen molar-refractivity contribution < 1.29 is 9.59 Å². The summed E-state index contributed by atoms with van der Waals surface area (Å²) in [6.45, 7) is 2.20. The van der Waals surface area contributed by atoms with Gasteiger partial charge in [0, 0.05) is 51.4 Å². The van der Waals surface area contributed by atoms with Gasteiger partial charge in [-0.3, -0.25) is 14.3 Å². The Kier molecular flexibility index (Phi) is 3.94. The molecule has 2 saturated heterocycles. The summed E-state index contributed by atoms with van der Waals surface area (Å²) in [5, 5.41) is 4.29. The Hall–Kier alpha value is -1.85. The third-order valence-corrected chi connectivity index (χ3v) is 4.62. The number of aromatic nitrogens is 2. The second-order valence-electron chi connectivity index (χ2n) is 6.07. The smallest absolute Gasteiger partial charge is 0.226 e. The van der Waals surface area contributed by atoms with Gasteiger partial charge in [0.1, 0.15) is 0 Å². The van der Waals surface area contributed by atoms with Crippen LogP contribution >= 0.6 is 0 Å². The Balaban J connectivity index is 1.63. The number of hydrogen-bond acceptors (Lipinski definition) is 3. The molecule has 0 N–H and O–H groups in total. The fourth-order valence-corrected chi connectivity index (χ4v) is 3.28. The van der Waals surface area contributed by atoms with Gasteiger partial charge in [0.25, 0.3) is 0 Å². The number of likely N-dealkylation sites (tertiary alicyclic amines) is 2. The molecule has 2 amide bonds. The van der Waals surface area contributed by atoms with Gasteiger partial charge >= 0.3 is 0 Å². The molecule has 2 unspecified atom stereocenters. The summed E-state index contributed by atoms with van der Waals surface area (Å²) in [5.74, 6) is 0.0959. The normalized spacial score (nSPS) is 27.0. The van der Waals surface area contributed by atoms with Crippen LogP contribution in [0.4, 0.5) is 0 Å². The summed E-state index contributed by atoms with van der Waals surface area (Å²) in [7, 11) is 1.80. The lowest BCUT2D eigenvalue weighted by Crippen LogP contribution is -2.47. The zero-order valence-corrected chi connectivity index (χ0v) is 12.4. The van der Waals surface area contributed by atoms with Crippen molar-refractivity contribution in [3.05, 3.63) is 18.5 Å². The highest BCUT2D eigenvalue weighted by atomic mass is 16.2. The molecule has 0 aromatic carbocycles. The van der Waals surface area contributed by atoms with Crippen molar-refractivity contribution in [1.82, 2.24) is 19.6 Å². The van der Waals surface area contributed by atoms with Crippen LogP contribution in [0.3, 0.4) is 0 Å². The van der Waals surface area contributed by atoms with Crippen LogP contribution in [0.25, 0.3) is 0 Å². The van der Waals surface area contributed by atoms with Gasteiger partial charge in [-0.1, -0.05) is 0 Å². The Morgan fingerprint density at radius 3 is 2.90 bits per heavy atom. The third-order valence-electron chi connectivity index (χ3n) is 4.62. The van der Waals surface area contributed by atoms with E-state index in [9.17, 15) is 9.59 Å². The molecule has 2 atom stereocenters. The Bertz CT molecular complexity index is 514. The van der Waals surface area contributed by atoms with Crippen molar-refractivity contribution in [2.75, 3.05) is 26.7 Å². The van der Waals surface area contributed by atoms with Crippen molar-refractivity contribution >= 4 is 11.8 Å². The van der Waals surface area contributed by atoms with Gasteiger partial charge in [0.05, 0.1) is 6.04 Å². The Morgan fingerprint density at radius 2 is 2.19 bits per heavy atom. The van der Waals surface area contributed by atoms with E-state index in [0.29, 0.717) is 19.5 Å². The van der Waals surface area contributed by atoms with Gasteiger partial charge < -0.3 is 9.80 Å². The van der Waals surface area contributed by atoms with Crippen LogP contribution in [-0.2, 0) is 9.59 Å². The molecule has 6 heteroatoms. The molecule has 2 aliphatic heterocycles. The topological polar surface area (TPSA) is 58.4 Å². The van der Waals surface area contributed by atoms with E-state index < -0.39 is 0 Å². The third kappa shape index (κ3) is 2.94. The second kappa shape index (κ2) is 5.87. The van der Waals surface area contributed by atoms with E-state index in [0.717, 1.165) is 25.8 Å².